The van der Waals surface area contributed by atoms with Gasteiger partial charge in [0.15, 0.2) is 0 Å². The molecule has 1 aromatic carbocycles. The first-order chi connectivity index (χ1) is 10.1. The number of likely N-dealkylation sites (N-methyl/N-ethyl adjacent to an activating group) is 1. The lowest BCUT2D eigenvalue weighted by molar-refractivity contribution is 0.0953. The van der Waals surface area contributed by atoms with Gasteiger partial charge in [0.25, 0.3) is 5.91 Å². The number of carbonyl (C=O) groups is 1. The zero-order valence-electron chi connectivity index (χ0n) is 12.2. The van der Waals surface area contributed by atoms with Crippen LogP contribution in [0, 0.1) is 12.7 Å². The van der Waals surface area contributed by atoms with Gasteiger partial charge in [-0.15, -0.1) is 0 Å². The van der Waals surface area contributed by atoms with Crippen molar-refractivity contribution in [3.8, 4) is 5.69 Å². The highest BCUT2D eigenvalue weighted by Gasteiger charge is 2.14. The van der Waals surface area contributed by atoms with Crippen molar-refractivity contribution < 1.29 is 9.18 Å². The van der Waals surface area contributed by atoms with Crippen LogP contribution in [-0.2, 0) is 0 Å². The molecule has 21 heavy (non-hydrogen) atoms. The first-order valence-electron chi connectivity index (χ1n) is 6.93. The summed E-state index contributed by atoms with van der Waals surface area (Å²) >= 11 is 0. The Morgan fingerprint density at radius 3 is 2.67 bits per heavy atom. The molecular formula is C15H19FN4O. The average Bonchev–Trinajstić information content (AvgIpc) is 2.86. The molecule has 0 unspecified atom stereocenters. The maximum Gasteiger partial charge on any atom is 0.254 e. The number of rotatable bonds is 6. The third kappa shape index (κ3) is 3.66. The second-order valence-corrected chi connectivity index (χ2v) is 4.64. The molecule has 0 aliphatic rings. The fourth-order valence-electron chi connectivity index (χ4n) is 2.01. The van der Waals surface area contributed by atoms with E-state index in [1.54, 1.807) is 16.8 Å². The minimum atomic E-state index is -0.301. The van der Waals surface area contributed by atoms with Crippen LogP contribution < -0.4 is 10.6 Å². The second-order valence-electron chi connectivity index (χ2n) is 4.64. The maximum absolute atomic E-state index is 12.9. The average molecular weight is 290 g/mol. The molecule has 0 aliphatic heterocycles. The van der Waals surface area contributed by atoms with Gasteiger partial charge in [-0.1, -0.05) is 6.92 Å². The van der Waals surface area contributed by atoms with Crippen LogP contribution in [0.1, 0.15) is 23.0 Å². The standard InChI is InChI=1S/C15H19FN4O/c1-3-17-8-9-18-15(21)14-10-19-20(11(14)2)13-6-4-12(16)5-7-13/h4-7,10,17H,3,8-9H2,1-2H3,(H,18,21). The van der Waals surface area contributed by atoms with Gasteiger partial charge < -0.3 is 10.6 Å². The molecule has 0 atom stereocenters. The van der Waals surface area contributed by atoms with E-state index >= 15 is 0 Å². The highest BCUT2D eigenvalue weighted by atomic mass is 19.1. The SMILES string of the molecule is CCNCCNC(=O)c1cnn(-c2ccc(F)cc2)c1C. The Hall–Kier alpha value is -2.21. The van der Waals surface area contributed by atoms with Gasteiger partial charge in [0.2, 0.25) is 0 Å². The van der Waals surface area contributed by atoms with Gasteiger partial charge in [-0.2, -0.15) is 5.10 Å². The van der Waals surface area contributed by atoms with Crippen LogP contribution in [-0.4, -0.2) is 35.3 Å². The summed E-state index contributed by atoms with van der Waals surface area (Å²) in [5.74, 6) is -0.455. The molecule has 1 heterocycles. The lowest BCUT2D eigenvalue weighted by atomic mass is 10.2. The quantitative estimate of drug-likeness (QED) is 0.796. The normalized spacial score (nSPS) is 10.6. The molecule has 1 aromatic heterocycles. The van der Waals surface area contributed by atoms with E-state index in [4.69, 9.17) is 0 Å². The number of benzene rings is 1. The van der Waals surface area contributed by atoms with Crippen LogP contribution in [0.3, 0.4) is 0 Å². The van der Waals surface area contributed by atoms with Gasteiger partial charge in [0, 0.05) is 13.1 Å². The van der Waals surface area contributed by atoms with E-state index in [1.165, 1.54) is 18.3 Å². The highest BCUT2D eigenvalue weighted by molar-refractivity contribution is 5.95. The van der Waals surface area contributed by atoms with Crippen LogP contribution in [0.15, 0.2) is 30.5 Å². The van der Waals surface area contributed by atoms with Gasteiger partial charge in [-0.3, -0.25) is 4.79 Å². The summed E-state index contributed by atoms with van der Waals surface area (Å²) < 4.78 is 14.6. The number of halogens is 1. The Kier molecular flexibility index (Phi) is 5.05. The van der Waals surface area contributed by atoms with Crippen molar-refractivity contribution >= 4 is 5.91 Å². The fraction of sp³-hybridized carbons (Fsp3) is 0.333. The van der Waals surface area contributed by atoms with Gasteiger partial charge in [0.1, 0.15) is 5.82 Å². The molecule has 5 nitrogen and oxygen atoms in total. The van der Waals surface area contributed by atoms with E-state index in [-0.39, 0.29) is 11.7 Å². The zero-order chi connectivity index (χ0) is 15.2. The van der Waals surface area contributed by atoms with Crippen molar-refractivity contribution in [1.82, 2.24) is 20.4 Å². The fourth-order valence-corrected chi connectivity index (χ4v) is 2.01. The summed E-state index contributed by atoms with van der Waals surface area (Å²) in [5, 5.41) is 10.2. The maximum atomic E-state index is 12.9. The summed E-state index contributed by atoms with van der Waals surface area (Å²) in [6, 6.07) is 5.99. The van der Waals surface area contributed by atoms with Gasteiger partial charge in [0.05, 0.1) is 23.1 Å². The Bertz CT molecular complexity index is 607. The minimum absolute atomic E-state index is 0.154. The Labute approximate surface area is 123 Å². The second kappa shape index (κ2) is 6.99. The molecule has 0 saturated heterocycles. The van der Waals surface area contributed by atoms with Crippen molar-refractivity contribution in [2.45, 2.75) is 13.8 Å². The molecule has 0 saturated carbocycles. The highest BCUT2D eigenvalue weighted by Crippen LogP contribution is 2.14. The molecule has 2 aromatic rings. The number of hydrogen-bond donors (Lipinski definition) is 2. The monoisotopic (exact) mass is 290 g/mol. The van der Waals surface area contributed by atoms with E-state index in [2.05, 4.69) is 15.7 Å². The van der Waals surface area contributed by atoms with Crippen LogP contribution in [0.4, 0.5) is 4.39 Å². The number of aromatic nitrogens is 2. The molecule has 0 fully saturated rings. The summed E-state index contributed by atoms with van der Waals surface area (Å²) in [7, 11) is 0. The predicted molar refractivity (Wildman–Crippen MR) is 79.1 cm³/mol. The molecule has 0 radical (unpaired) electrons. The molecule has 2 N–H and O–H groups in total. The molecular weight excluding hydrogens is 271 g/mol. The van der Waals surface area contributed by atoms with Gasteiger partial charge >= 0.3 is 0 Å². The van der Waals surface area contributed by atoms with Crippen molar-refractivity contribution in [3.63, 3.8) is 0 Å². The first kappa shape index (κ1) is 15.2. The van der Waals surface area contributed by atoms with E-state index in [9.17, 15) is 9.18 Å². The molecule has 2 rings (SSSR count). The van der Waals surface area contributed by atoms with Crippen molar-refractivity contribution in [2.75, 3.05) is 19.6 Å². The third-order valence-corrected chi connectivity index (χ3v) is 3.16. The lowest BCUT2D eigenvalue weighted by Crippen LogP contribution is -2.31. The van der Waals surface area contributed by atoms with Gasteiger partial charge in [-0.25, -0.2) is 9.07 Å². The van der Waals surface area contributed by atoms with Crippen LogP contribution >= 0.6 is 0 Å². The molecule has 0 bridgehead atoms. The smallest absolute Gasteiger partial charge is 0.254 e. The van der Waals surface area contributed by atoms with Crippen LogP contribution in [0.2, 0.25) is 0 Å². The van der Waals surface area contributed by atoms with E-state index in [0.29, 0.717) is 12.1 Å². The van der Waals surface area contributed by atoms with Crippen molar-refractivity contribution in [1.29, 1.82) is 0 Å². The van der Waals surface area contributed by atoms with E-state index in [1.807, 2.05) is 13.8 Å². The lowest BCUT2D eigenvalue weighted by Gasteiger charge is -2.07. The molecule has 1 amide bonds. The summed E-state index contributed by atoms with van der Waals surface area (Å²) in [6.45, 7) is 5.99. The number of carbonyl (C=O) groups excluding carboxylic acids is 1. The number of amides is 1. The van der Waals surface area contributed by atoms with Crippen LogP contribution in [0.5, 0.6) is 0 Å². The minimum Gasteiger partial charge on any atom is -0.351 e. The van der Waals surface area contributed by atoms with Crippen molar-refractivity contribution in [3.05, 3.63) is 47.5 Å². The summed E-state index contributed by atoms with van der Waals surface area (Å²) in [6.07, 6.45) is 1.53. The Morgan fingerprint density at radius 2 is 2.00 bits per heavy atom. The Balaban J connectivity index is 2.09. The zero-order valence-corrected chi connectivity index (χ0v) is 12.2. The Morgan fingerprint density at radius 1 is 1.29 bits per heavy atom. The molecule has 112 valence electrons. The third-order valence-electron chi connectivity index (χ3n) is 3.16. The molecule has 0 spiro atoms. The topological polar surface area (TPSA) is 58.9 Å². The molecule has 0 aliphatic carbocycles. The van der Waals surface area contributed by atoms with Crippen molar-refractivity contribution in [2.24, 2.45) is 0 Å². The van der Waals surface area contributed by atoms with E-state index < -0.39 is 0 Å². The van der Waals surface area contributed by atoms with Crippen LogP contribution in [0.25, 0.3) is 5.69 Å². The largest absolute Gasteiger partial charge is 0.351 e. The number of hydrogen-bond acceptors (Lipinski definition) is 3. The van der Waals surface area contributed by atoms with Gasteiger partial charge in [-0.05, 0) is 37.7 Å². The summed E-state index contributed by atoms with van der Waals surface area (Å²) in [5.41, 5.74) is 1.97. The predicted octanol–water partition coefficient (Wildman–Crippen LogP) is 1.66. The molecule has 6 heteroatoms. The summed E-state index contributed by atoms with van der Waals surface area (Å²) in [4.78, 5) is 12.1. The number of nitrogens with one attached hydrogen (secondary N) is 2. The first-order valence-corrected chi connectivity index (χ1v) is 6.93. The van der Waals surface area contributed by atoms with E-state index in [0.717, 1.165) is 24.5 Å². The number of nitrogens with zero attached hydrogens (tertiary/aromatic N) is 2.